The summed E-state index contributed by atoms with van der Waals surface area (Å²) in [6, 6.07) is 3.77. The predicted octanol–water partition coefficient (Wildman–Crippen LogP) is 2.40. The predicted molar refractivity (Wildman–Crippen MR) is 48.0 cm³/mol. The van der Waals surface area contributed by atoms with Gasteiger partial charge in [-0.1, -0.05) is 5.11 Å². The van der Waals surface area contributed by atoms with Crippen LogP contribution in [0.2, 0.25) is 0 Å². The van der Waals surface area contributed by atoms with Gasteiger partial charge in [0.25, 0.3) is 0 Å². The first-order valence-electron chi connectivity index (χ1n) is 3.49. The van der Waals surface area contributed by atoms with Crippen molar-refractivity contribution in [3.63, 3.8) is 0 Å². The van der Waals surface area contributed by atoms with Gasteiger partial charge in [0.1, 0.15) is 0 Å². The van der Waals surface area contributed by atoms with Crippen LogP contribution in [-0.2, 0) is 0 Å². The summed E-state index contributed by atoms with van der Waals surface area (Å²) in [7, 11) is 0. The van der Waals surface area contributed by atoms with Crippen molar-refractivity contribution in [1.82, 2.24) is 0 Å². The van der Waals surface area contributed by atoms with E-state index in [-0.39, 0.29) is 6.54 Å². The van der Waals surface area contributed by atoms with Crippen molar-refractivity contribution in [1.29, 1.82) is 0 Å². The first kappa shape index (κ1) is 9.06. The number of aryl methyl sites for hydroxylation is 1. The largest absolute Gasteiger partial charge is 0.387 e. The van der Waals surface area contributed by atoms with E-state index in [0.29, 0.717) is 0 Å². The Morgan fingerprint density at radius 3 is 3.00 bits per heavy atom. The molecule has 4 nitrogen and oxygen atoms in total. The molecule has 0 aliphatic rings. The Kier molecular flexibility index (Phi) is 3.10. The van der Waals surface area contributed by atoms with Crippen LogP contribution in [0.25, 0.3) is 10.4 Å². The van der Waals surface area contributed by atoms with Crippen LogP contribution in [0.4, 0.5) is 0 Å². The van der Waals surface area contributed by atoms with Gasteiger partial charge in [0.05, 0.1) is 12.6 Å². The summed E-state index contributed by atoms with van der Waals surface area (Å²) in [6.07, 6.45) is -0.653. The fourth-order valence-electron chi connectivity index (χ4n) is 0.836. The van der Waals surface area contributed by atoms with Crippen LogP contribution >= 0.6 is 11.3 Å². The molecule has 0 amide bonds. The summed E-state index contributed by atoms with van der Waals surface area (Å²) in [5.74, 6) is 0. The molecule has 12 heavy (non-hydrogen) atoms. The van der Waals surface area contributed by atoms with Crippen molar-refractivity contribution in [3.8, 4) is 0 Å². The highest BCUT2D eigenvalue weighted by Gasteiger charge is 2.07. The number of rotatable bonds is 3. The number of hydrogen-bond donors (Lipinski definition) is 1. The molecule has 1 aromatic heterocycles. The molecule has 64 valence electrons. The monoisotopic (exact) mass is 183 g/mol. The van der Waals surface area contributed by atoms with Crippen molar-refractivity contribution in [2.45, 2.75) is 13.0 Å². The highest BCUT2D eigenvalue weighted by molar-refractivity contribution is 7.12. The summed E-state index contributed by atoms with van der Waals surface area (Å²) in [6.45, 7) is 2.07. The standard InChI is InChI=1S/C7H9N3OS/c1-5-2-3-7(12-5)6(11)4-9-10-8/h2-3,6,11H,4H2,1H3. The number of aliphatic hydroxyl groups excluding tert-OH is 1. The number of azide groups is 1. The molecule has 0 radical (unpaired) electrons. The molecule has 0 spiro atoms. The SMILES string of the molecule is Cc1ccc(C(O)CN=[N+]=[N-])s1. The lowest BCUT2D eigenvalue weighted by Crippen LogP contribution is -1.97. The summed E-state index contributed by atoms with van der Waals surface area (Å²) in [4.78, 5) is 4.57. The second-order valence-corrected chi connectivity index (χ2v) is 3.70. The topological polar surface area (TPSA) is 69.0 Å². The molecule has 0 fully saturated rings. The van der Waals surface area contributed by atoms with E-state index >= 15 is 0 Å². The summed E-state index contributed by atoms with van der Waals surface area (Å²) >= 11 is 1.51. The lowest BCUT2D eigenvalue weighted by molar-refractivity contribution is 0.190. The molecule has 1 aromatic rings. The number of nitrogens with zero attached hydrogens (tertiary/aromatic N) is 3. The van der Waals surface area contributed by atoms with Crippen LogP contribution in [0, 0.1) is 6.92 Å². The Labute approximate surface area is 74.1 Å². The highest BCUT2D eigenvalue weighted by Crippen LogP contribution is 2.22. The second kappa shape index (κ2) is 4.11. The van der Waals surface area contributed by atoms with Gasteiger partial charge >= 0.3 is 0 Å². The van der Waals surface area contributed by atoms with Gasteiger partial charge in [-0.05, 0) is 24.6 Å². The molecule has 0 aromatic carbocycles. The van der Waals surface area contributed by atoms with Gasteiger partial charge in [0.15, 0.2) is 0 Å². The van der Waals surface area contributed by atoms with E-state index in [9.17, 15) is 5.11 Å². The molecule has 0 aliphatic heterocycles. The van der Waals surface area contributed by atoms with E-state index in [1.165, 1.54) is 11.3 Å². The second-order valence-electron chi connectivity index (χ2n) is 2.38. The van der Waals surface area contributed by atoms with Crippen molar-refractivity contribution in [2.75, 3.05) is 6.54 Å². The van der Waals surface area contributed by atoms with Crippen molar-refractivity contribution in [2.24, 2.45) is 5.11 Å². The zero-order valence-electron chi connectivity index (χ0n) is 6.64. The Balaban J connectivity index is 2.64. The van der Waals surface area contributed by atoms with Gasteiger partial charge in [-0.15, -0.1) is 11.3 Å². The molecular formula is C7H9N3OS. The Bertz CT molecular complexity index is 303. The number of aliphatic hydroxyl groups is 1. The third kappa shape index (κ3) is 2.23. The van der Waals surface area contributed by atoms with Gasteiger partial charge in [0.2, 0.25) is 0 Å². The summed E-state index contributed by atoms with van der Waals surface area (Å²) < 4.78 is 0. The van der Waals surface area contributed by atoms with Crippen LogP contribution in [0.15, 0.2) is 17.2 Å². The lowest BCUT2D eigenvalue weighted by atomic mass is 10.3. The summed E-state index contributed by atoms with van der Waals surface area (Å²) in [5, 5.41) is 12.7. The fraction of sp³-hybridized carbons (Fsp3) is 0.429. The molecule has 5 heteroatoms. The van der Waals surface area contributed by atoms with Gasteiger partial charge in [0, 0.05) is 14.7 Å². The van der Waals surface area contributed by atoms with E-state index in [1.807, 2.05) is 19.1 Å². The van der Waals surface area contributed by atoms with Crippen molar-refractivity contribution >= 4 is 11.3 Å². The minimum absolute atomic E-state index is 0.108. The molecule has 0 saturated carbocycles. The molecule has 1 heterocycles. The van der Waals surface area contributed by atoms with E-state index < -0.39 is 6.10 Å². The minimum atomic E-state index is -0.653. The van der Waals surface area contributed by atoms with E-state index in [2.05, 4.69) is 10.0 Å². The lowest BCUT2D eigenvalue weighted by Gasteiger charge is -2.01. The third-order valence-corrected chi connectivity index (χ3v) is 2.51. The van der Waals surface area contributed by atoms with E-state index in [0.717, 1.165) is 9.75 Å². The average Bonchev–Trinajstić information content (AvgIpc) is 2.47. The van der Waals surface area contributed by atoms with Crippen LogP contribution in [0.1, 0.15) is 15.9 Å². The van der Waals surface area contributed by atoms with Crippen molar-refractivity contribution in [3.05, 3.63) is 32.3 Å². The maximum absolute atomic E-state index is 9.41. The van der Waals surface area contributed by atoms with Crippen LogP contribution < -0.4 is 0 Å². The minimum Gasteiger partial charge on any atom is -0.387 e. The van der Waals surface area contributed by atoms with Gasteiger partial charge < -0.3 is 5.11 Å². The molecule has 0 bridgehead atoms. The normalized spacial score (nSPS) is 12.2. The third-order valence-electron chi connectivity index (χ3n) is 1.41. The smallest absolute Gasteiger partial charge is 0.0938 e. The Morgan fingerprint density at radius 1 is 1.75 bits per heavy atom. The molecule has 1 atom stereocenters. The maximum Gasteiger partial charge on any atom is 0.0938 e. The average molecular weight is 183 g/mol. The Morgan fingerprint density at radius 2 is 2.50 bits per heavy atom. The van der Waals surface area contributed by atoms with E-state index in [4.69, 9.17) is 5.53 Å². The van der Waals surface area contributed by atoms with Crippen LogP contribution in [0.5, 0.6) is 0 Å². The first-order chi connectivity index (χ1) is 5.74. The van der Waals surface area contributed by atoms with Gasteiger partial charge in [-0.3, -0.25) is 0 Å². The van der Waals surface area contributed by atoms with Crippen LogP contribution in [0.3, 0.4) is 0 Å². The van der Waals surface area contributed by atoms with E-state index in [1.54, 1.807) is 0 Å². The van der Waals surface area contributed by atoms with Crippen LogP contribution in [-0.4, -0.2) is 11.7 Å². The Hall–Kier alpha value is -1.03. The molecule has 0 saturated heterocycles. The molecule has 1 unspecified atom stereocenters. The molecular weight excluding hydrogens is 174 g/mol. The van der Waals surface area contributed by atoms with Gasteiger partial charge in [-0.2, -0.15) is 0 Å². The number of thiophene rings is 1. The summed E-state index contributed by atoms with van der Waals surface area (Å²) in [5.41, 5.74) is 8.02. The first-order valence-corrected chi connectivity index (χ1v) is 4.31. The van der Waals surface area contributed by atoms with Gasteiger partial charge in [-0.25, -0.2) is 0 Å². The quantitative estimate of drug-likeness (QED) is 0.436. The molecule has 1 rings (SSSR count). The zero-order valence-corrected chi connectivity index (χ0v) is 7.45. The molecule has 0 aliphatic carbocycles. The highest BCUT2D eigenvalue weighted by atomic mass is 32.1. The fourth-order valence-corrected chi connectivity index (χ4v) is 1.69. The maximum atomic E-state index is 9.41. The van der Waals surface area contributed by atoms with Crippen molar-refractivity contribution < 1.29 is 5.11 Å². The number of hydrogen-bond acceptors (Lipinski definition) is 3. The molecule has 1 N–H and O–H groups in total. The zero-order chi connectivity index (χ0) is 8.97.